The van der Waals surface area contributed by atoms with Crippen molar-refractivity contribution in [3.05, 3.63) is 71.3 Å². The van der Waals surface area contributed by atoms with Gasteiger partial charge in [0.2, 0.25) is 0 Å². The van der Waals surface area contributed by atoms with Crippen molar-refractivity contribution in [2.45, 2.75) is 32.3 Å². The summed E-state index contributed by atoms with van der Waals surface area (Å²) in [5.41, 5.74) is 4.06. The molecule has 0 aliphatic rings. The molecule has 0 bridgehead atoms. The Kier molecular flexibility index (Phi) is 7.55. The number of hydrogen-bond donors (Lipinski definition) is 0. The van der Waals surface area contributed by atoms with Crippen molar-refractivity contribution >= 4 is 15.9 Å². The van der Waals surface area contributed by atoms with Gasteiger partial charge >= 0.3 is 0 Å². The van der Waals surface area contributed by atoms with Gasteiger partial charge in [0.15, 0.2) is 0 Å². The van der Waals surface area contributed by atoms with Gasteiger partial charge in [-0.15, -0.1) is 0 Å². The Bertz CT molecular complexity index is 510. The van der Waals surface area contributed by atoms with Crippen LogP contribution >= 0.6 is 15.9 Å². The van der Waals surface area contributed by atoms with Crippen LogP contribution in [-0.2, 0) is 24.2 Å². The molecule has 0 amide bonds. The lowest BCUT2D eigenvalue weighted by Gasteiger charge is -2.06. The monoisotopic (exact) mass is 346 g/mol. The van der Waals surface area contributed by atoms with E-state index in [9.17, 15) is 0 Å². The average Bonchev–Trinajstić information content (AvgIpc) is 2.52. The second-order valence-corrected chi connectivity index (χ2v) is 6.05. The highest BCUT2D eigenvalue weighted by Gasteiger charge is 1.97. The fourth-order valence-electron chi connectivity index (χ4n) is 2.35. The molecule has 2 aromatic carbocycles. The first kappa shape index (κ1) is 16.3. The highest BCUT2D eigenvalue weighted by Crippen LogP contribution is 2.09. The number of halogens is 1. The standard InChI is InChI=1S/C19H23BrO/c20-13-12-18-10-6-11-19(15-18)16-21-14-5-4-9-17-7-2-1-3-8-17/h1-3,6-8,10-11,15H,4-5,9,12-14,16H2. The van der Waals surface area contributed by atoms with E-state index in [2.05, 4.69) is 70.5 Å². The van der Waals surface area contributed by atoms with E-state index in [4.69, 9.17) is 4.74 Å². The molecule has 0 saturated heterocycles. The molecule has 0 aliphatic carbocycles. The van der Waals surface area contributed by atoms with Gasteiger partial charge in [0.1, 0.15) is 0 Å². The molecule has 2 aromatic rings. The Morgan fingerprint density at radius 1 is 0.762 bits per heavy atom. The number of hydrogen-bond acceptors (Lipinski definition) is 1. The Labute approximate surface area is 136 Å². The molecule has 0 spiro atoms. The van der Waals surface area contributed by atoms with E-state index < -0.39 is 0 Å². The summed E-state index contributed by atoms with van der Waals surface area (Å²) in [4.78, 5) is 0. The number of ether oxygens (including phenoxy) is 1. The van der Waals surface area contributed by atoms with Crippen LogP contribution in [0.5, 0.6) is 0 Å². The number of alkyl halides is 1. The first-order valence-electron chi connectivity index (χ1n) is 7.64. The maximum absolute atomic E-state index is 5.78. The summed E-state index contributed by atoms with van der Waals surface area (Å²) in [5.74, 6) is 0. The summed E-state index contributed by atoms with van der Waals surface area (Å²) < 4.78 is 5.78. The summed E-state index contributed by atoms with van der Waals surface area (Å²) in [6.07, 6.45) is 4.53. The first-order valence-corrected chi connectivity index (χ1v) is 8.76. The zero-order chi connectivity index (χ0) is 14.8. The van der Waals surface area contributed by atoms with Crippen LogP contribution in [0.1, 0.15) is 29.5 Å². The molecule has 0 heterocycles. The van der Waals surface area contributed by atoms with Crippen LogP contribution in [0, 0.1) is 0 Å². The predicted molar refractivity (Wildman–Crippen MR) is 93.0 cm³/mol. The van der Waals surface area contributed by atoms with Crippen LogP contribution in [0.25, 0.3) is 0 Å². The number of unbranched alkanes of at least 4 members (excludes halogenated alkanes) is 1. The minimum Gasteiger partial charge on any atom is -0.377 e. The van der Waals surface area contributed by atoms with Gasteiger partial charge < -0.3 is 4.74 Å². The Balaban J connectivity index is 1.60. The van der Waals surface area contributed by atoms with Gasteiger partial charge in [-0.1, -0.05) is 70.5 Å². The van der Waals surface area contributed by atoms with Gasteiger partial charge in [-0.05, 0) is 42.4 Å². The second kappa shape index (κ2) is 9.75. The van der Waals surface area contributed by atoms with Crippen molar-refractivity contribution in [3.8, 4) is 0 Å². The van der Waals surface area contributed by atoms with Crippen LogP contribution in [0.4, 0.5) is 0 Å². The Hall–Kier alpha value is -1.12. The zero-order valence-electron chi connectivity index (χ0n) is 12.4. The molecule has 2 rings (SSSR count). The molecule has 0 N–H and O–H groups in total. The first-order chi connectivity index (χ1) is 10.4. The van der Waals surface area contributed by atoms with Crippen LogP contribution in [0.15, 0.2) is 54.6 Å². The minimum absolute atomic E-state index is 0.724. The average molecular weight is 347 g/mol. The fourth-order valence-corrected chi connectivity index (χ4v) is 2.81. The molecule has 0 atom stereocenters. The third-order valence-electron chi connectivity index (χ3n) is 3.49. The minimum atomic E-state index is 0.724. The summed E-state index contributed by atoms with van der Waals surface area (Å²) in [5, 5.41) is 1.01. The molecular formula is C19H23BrO. The van der Waals surface area contributed by atoms with Gasteiger partial charge in [-0.2, -0.15) is 0 Å². The van der Waals surface area contributed by atoms with Crippen LogP contribution in [0.3, 0.4) is 0 Å². The van der Waals surface area contributed by atoms with E-state index in [1.54, 1.807) is 0 Å². The predicted octanol–water partition coefficient (Wildman–Crippen LogP) is 5.16. The molecule has 0 saturated carbocycles. The smallest absolute Gasteiger partial charge is 0.0716 e. The quantitative estimate of drug-likeness (QED) is 0.449. The van der Waals surface area contributed by atoms with Gasteiger partial charge in [0.25, 0.3) is 0 Å². The van der Waals surface area contributed by atoms with E-state index in [0.29, 0.717) is 0 Å². The van der Waals surface area contributed by atoms with E-state index in [-0.39, 0.29) is 0 Å². The lowest BCUT2D eigenvalue weighted by molar-refractivity contribution is 0.117. The van der Waals surface area contributed by atoms with E-state index >= 15 is 0 Å². The largest absolute Gasteiger partial charge is 0.377 e. The number of benzene rings is 2. The van der Waals surface area contributed by atoms with Crippen LogP contribution < -0.4 is 0 Å². The summed E-state index contributed by atoms with van der Waals surface area (Å²) >= 11 is 3.48. The molecule has 0 aliphatic heterocycles. The molecule has 21 heavy (non-hydrogen) atoms. The van der Waals surface area contributed by atoms with Gasteiger partial charge in [-0.3, -0.25) is 0 Å². The number of rotatable bonds is 9. The maximum atomic E-state index is 5.78. The third kappa shape index (κ3) is 6.45. The van der Waals surface area contributed by atoms with Crippen LogP contribution in [0.2, 0.25) is 0 Å². The van der Waals surface area contributed by atoms with E-state index in [1.807, 2.05) is 0 Å². The lowest BCUT2D eigenvalue weighted by atomic mass is 10.1. The highest BCUT2D eigenvalue weighted by atomic mass is 79.9. The summed E-state index contributed by atoms with van der Waals surface area (Å²) in [7, 11) is 0. The van der Waals surface area contributed by atoms with Crippen molar-refractivity contribution in [1.82, 2.24) is 0 Å². The van der Waals surface area contributed by atoms with Crippen molar-refractivity contribution in [2.75, 3.05) is 11.9 Å². The van der Waals surface area contributed by atoms with E-state index in [0.717, 1.165) is 37.8 Å². The number of aryl methyl sites for hydroxylation is 2. The van der Waals surface area contributed by atoms with Gasteiger partial charge in [0.05, 0.1) is 6.61 Å². The molecule has 112 valence electrons. The van der Waals surface area contributed by atoms with Crippen LogP contribution in [-0.4, -0.2) is 11.9 Å². The normalized spacial score (nSPS) is 10.7. The Morgan fingerprint density at radius 3 is 2.33 bits per heavy atom. The van der Waals surface area contributed by atoms with Crippen molar-refractivity contribution < 1.29 is 4.74 Å². The van der Waals surface area contributed by atoms with Gasteiger partial charge in [0, 0.05) is 11.9 Å². The van der Waals surface area contributed by atoms with Crippen molar-refractivity contribution in [1.29, 1.82) is 0 Å². The van der Waals surface area contributed by atoms with Crippen molar-refractivity contribution in [2.24, 2.45) is 0 Å². The fraction of sp³-hybridized carbons (Fsp3) is 0.368. The third-order valence-corrected chi connectivity index (χ3v) is 3.89. The topological polar surface area (TPSA) is 9.23 Å². The van der Waals surface area contributed by atoms with Crippen molar-refractivity contribution in [3.63, 3.8) is 0 Å². The maximum Gasteiger partial charge on any atom is 0.0716 e. The molecule has 0 fully saturated rings. The molecule has 1 nitrogen and oxygen atoms in total. The lowest BCUT2D eigenvalue weighted by Crippen LogP contribution is -1.97. The Morgan fingerprint density at radius 2 is 1.52 bits per heavy atom. The SMILES string of the molecule is BrCCc1cccc(COCCCCc2ccccc2)c1. The summed E-state index contributed by atoms with van der Waals surface area (Å²) in [6, 6.07) is 19.3. The molecule has 0 radical (unpaired) electrons. The summed E-state index contributed by atoms with van der Waals surface area (Å²) in [6.45, 7) is 1.57. The zero-order valence-corrected chi connectivity index (χ0v) is 14.0. The van der Waals surface area contributed by atoms with E-state index in [1.165, 1.54) is 23.1 Å². The van der Waals surface area contributed by atoms with Gasteiger partial charge in [-0.25, -0.2) is 0 Å². The molecule has 0 aromatic heterocycles. The molecular weight excluding hydrogens is 324 g/mol. The molecule has 2 heteroatoms. The second-order valence-electron chi connectivity index (χ2n) is 5.25. The highest BCUT2D eigenvalue weighted by molar-refractivity contribution is 9.09. The molecule has 0 unspecified atom stereocenters.